The van der Waals surface area contributed by atoms with Crippen LogP contribution in [0.3, 0.4) is 0 Å². The quantitative estimate of drug-likeness (QED) is 0.421. The third-order valence-corrected chi connectivity index (χ3v) is 4.18. The zero-order chi connectivity index (χ0) is 20.1. The van der Waals surface area contributed by atoms with Gasteiger partial charge in [0.1, 0.15) is 0 Å². The van der Waals surface area contributed by atoms with Crippen molar-refractivity contribution in [3.05, 3.63) is 83.9 Å². The van der Waals surface area contributed by atoms with Gasteiger partial charge in [-0.05, 0) is 46.9 Å². The van der Waals surface area contributed by atoms with Crippen molar-refractivity contribution in [2.45, 2.75) is 47.1 Å². The summed E-state index contributed by atoms with van der Waals surface area (Å²) in [7, 11) is 0. The Labute approximate surface area is 166 Å². The molecule has 0 aromatic heterocycles. The molecule has 0 aliphatic rings. The maximum absolute atomic E-state index is 5.58. The van der Waals surface area contributed by atoms with E-state index in [4.69, 9.17) is 4.74 Å². The molecule has 0 saturated heterocycles. The smallest absolute Gasteiger partial charge is 0.0716 e. The molecule has 0 radical (unpaired) electrons. The van der Waals surface area contributed by atoms with E-state index < -0.39 is 0 Å². The van der Waals surface area contributed by atoms with E-state index in [9.17, 15) is 0 Å². The van der Waals surface area contributed by atoms with Gasteiger partial charge in [0.25, 0.3) is 0 Å². The lowest BCUT2D eigenvalue weighted by atomic mass is 10.0. The summed E-state index contributed by atoms with van der Waals surface area (Å²) >= 11 is 0. The molecule has 0 aliphatic heterocycles. The molecule has 0 unspecified atom stereocenters. The summed E-state index contributed by atoms with van der Waals surface area (Å²) in [5, 5.41) is 0. The van der Waals surface area contributed by atoms with Crippen molar-refractivity contribution in [3.63, 3.8) is 0 Å². The van der Waals surface area contributed by atoms with E-state index in [2.05, 4.69) is 89.4 Å². The van der Waals surface area contributed by atoms with Crippen LogP contribution in [0.2, 0.25) is 0 Å². The number of rotatable bonds is 9. The maximum Gasteiger partial charge on any atom is 0.0716 e. The van der Waals surface area contributed by atoms with Crippen molar-refractivity contribution in [2.75, 3.05) is 6.61 Å². The van der Waals surface area contributed by atoms with Gasteiger partial charge in [0, 0.05) is 6.61 Å². The van der Waals surface area contributed by atoms with Gasteiger partial charge < -0.3 is 4.74 Å². The lowest BCUT2D eigenvalue weighted by Gasteiger charge is -2.06. The standard InChI is InChI=1S/C14H20O.C12H16/c1-4-13-5-7-14(8-6-13)11-15-10-9-12(2)3;1-4-11-5-7-12(8-6-11)9-10(2)3/h4-8,12H,1,9-11H2,2-3H3;4-8,10H,1,9H2,2-3H3. The molecule has 0 aliphatic carbocycles. The molecule has 0 fully saturated rings. The Bertz CT molecular complexity index is 648. The molecule has 0 bridgehead atoms. The second kappa shape index (κ2) is 13.1. The first-order valence-corrected chi connectivity index (χ1v) is 9.95. The molecule has 27 heavy (non-hydrogen) atoms. The fourth-order valence-electron chi connectivity index (χ4n) is 2.52. The highest BCUT2D eigenvalue weighted by molar-refractivity contribution is 5.47. The zero-order valence-corrected chi connectivity index (χ0v) is 17.6. The second-order valence-corrected chi connectivity index (χ2v) is 7.72. The highest BCUT2D eigenvalue weighted by Gasteiger charge is 1.97. The van der Waals surface area contributed by atoms with Crippen molar-refractivity contribution in [1.29, 1.82) is 0 Å². The molecule has 0 saturated carbocycles. The fourth-order valence-corrected chi connectivity index (χ4v) is 2.52. The van der Waals surface area contributed by atoms with E-state index in [0.29, 0.717) is 12.5 Å². The molecule has 2 aromatic rings. The molecule has 0 N–H and O–H groups in total. The Kier molecular flexibility index (Phi) is 11.1. The van der Waals surface area contributed by atoms with Crippen molar-refractivity contribution >= 4 is 12.2 Å². The lowest BCUT2D eigenvalue weighted by Crippen LogP contribution is -1.99. The van der Waals surface area contributed by atoms with E-state index in [1.165, 1.54) is 16.7 Å². The molecule has 2 aromatic carbocycles. The van der Waals surface area contributed by atoms with E-state index in [1.807, 2.05) is 12.2 Å². The lowest BCUT2D eigenvalue weighted by molar-refractivity contribution is 0.110. The summed E-state index contributed by atoms with van der Waals surface area (Å²) in [5.74, 6) is 1.45. The predicted molar refractivity (Wildman–Crippen MR) is 121 cm³/mol. The van der Waals surface area contributed by atoms with Crippen LogP contribution in [0.25, 0.3) is 12.2 Å². The molecule has 0 atom stereocenters. The topological polar surface area (TPSA) is 9.23 Å². The number of benzene rings is 2. The van der Waals surface area contributed by atoms with Crippen LogP contribution in [0.1, 0.15) is 56.4 Å². The first-order valence-electron chi connectivity index (χ1n) is 9.95. The second-order valence-electron chi connectivity index (χ2n) is 7.72. The van der Waals surface area contributed by atoms with Crippen molar-refractivity contribution in [3.8, 4) is 0 Å². The van der Waals surface area contributed by atoms with Crippen molar-refractivity contribution in [2.24, 2.45) is 11.8 Å². The van der Waals surface area contributed by atoms with Gasteiger partial charge >= 0.3 is 0 Å². The van der Waals surface area contributed by atoms with Gasteiger partial charge in [-0.2, -0.15) is 0 Å². The Hall–Kier alpha value is -2.12. The predicted octanol–water partition coefficient (Wildman–Crippen LogP) is 7.42. The molecule has 146 valence electrons. The van der Waals surface area contributed by atoms with E-state index in [0.717, 1.165) is 30.9 Å². The first kappa shape index (κ1) is 22.9. The zero-order valence-electron chi connectivity index (χ0n) is 17.6. The minimum absolute atomic E-state index is 0.712. The maximum atomic E-state index is 5.58. The van der Waals surface area contributed by atoms with E-state index in [1.54, 1.807) is 0 Å². The Balaban J connectivity index is 0.000000277. The van der Waals surface area contributed by atoms with Gasteiger partial charge in [-0.1, -0.05) is 102 Å². The number of hydrogen-bond acceptors (Lipinski definition) is 1. The summed E-state index contributed by atoms with van der Waals surface area (Å²) in [6, 6.07) is 16.9. The van der Waals surface area contributed by atoms with E-state index in [-0.39, 0.29) is 0 Å². The van der Waals surface area contributed by atoms with Gasteiger partial charge in [-0.15, -0.1) is 0 Å². The number of ether oxygens (including phenoxy) is 1. The Morgan fingerprint density at radius 2 is 1.22 bits per heavy atom. The van der Waals surface area contributed by atoms with Gasteiger partial charge in [0.15, 0.2) is 0 Å². The third kappa shape index (κ3) is 10.6. The summed E-state index contributed by atoms with van der Waals surface area (Å²) in [5.41, 5.74) is 4.99. The summed E-state index contributed by atoms with van der Waals surface area (Å²) in [6.07, 6.45) is 6.02. The first-order chi connectivity index (χ1) is 12.9. The molecule has 0 amide bonds. The number of hydrogen-bond donors (Lipinski definition) is 0. The van der Waals surface area contributed by atoms with Gasteiger partial charge in [0.2, 0.25) is 0 Å². The third-order valence-electron chi connectivity index (χ3n) is 4.18. The largest absolute Gasteiger partial charge is 0.377 e. The molecular weight excluding hydrogens is 328 g/mol. The van der Waals surface area contributed by atoms with Gasteiger partial charge in [-0.3, -0.25) is 0 Å². The fraction of sp³-hybridized carbons (Fsp3) is 0.385. The highest BCUT2D eigenvalue weighted by Crippen LogP contribution is 2.10. The van der Waals surface area contributed by atoms with Crippen LogP contribution in [0.4, 0.5) is 0 Å². The Morgan fingerprint density at radius 1 is 0.741 bits per heavy atom. The minimum atomic E-state index is 0.712. The molecule has 0 heterocycles. The normalized spacial score (nSPS) is 10.4. The summed E-state index contributed by atoms with van der Waals surface area (Å²) < 4.78 is 5.58. The Morgan fingerprint density at radius 3 is 1.63 bits per heavy atom. The van der Waals surface area contributed by atoms with Crippen LogP contribution in [-0.4, -0.2) is 6.61 Å². The molecule has 0 spiro atoms. The molecule has 2 rings (SSSR count). The summed E-state index contributed by atoms with van der Waals surface area (Å²) in [6.45, 7) is 17.9. The molecule has 1 heteroatoms. The average molecular weight is 365 g/mol. The highest BCUT2D eigenvalue weighted by atomic mass is 16.5. The van der Waals surface area contributed by atoms with E-state index >= 15 is 0 Å². The average Bonchev–Trinajstić information content (AvgIpc) is 2.66. The van der Waals surface area contributed by atoms with Crippen molar-refractivity contribution < 1.29 is 4.74 Å². The van der Waals surface area contributed by atoms with Crippen molar-refractivity contribution in [1.82, 2.24) is 0 Å². The van der Waals surface area contributed by atoms with Crippen LogP contribution < -0.4 is 0 Å². The van der Waals surface area contributed by atoms with Gasteiger partial charge in [-0.25, -0.2) is 0 Å². The summed E-state index contributed by atoms with van der Waals surface area (Å²) in [4.78, 5) is 0. The van der Waals surface area contributed by atoms with Crippen LogP contribution in [0.15, 0.2) is 61.7 Å². The molecule has 1 nitrogen and oxygen atoms in total. The monoisotopic (exact) mass is 364 g/mol. The SMILES string of the molecule is C=Cc1ccc(CC(C)C)cc1.C=Cc1ccc(COCCC(C)C)cc1. The minimum Gasteiger partial charge on any atom is -0.377 e. The van der Waals surface area contributed by atoms with Crippen LogP contribution in [0.5, 0.6) is 0 Å². The van der Waals surface area contributed by atoms with Gasteiger partial charge in [0.05, 0.1) is 6.61 Å². The van der Waals surface area contributed by atoms with Crippen LogP contribution in [0, 0.1) is 11.8 Å². The van der Waals surface area contributed by atoms with Crippen LogP contribution >= 0.6 is 0 Å². The van der Waals surface area contributed by atoms with Crippen LogP contribution in [-0.2, 0) is 17.8 Å². The molecular formula is C26H36O.